The van der Waals surface area contributed by atoms with Crippen molar-refractivity contribution >= 4 is 34.6 Å². The van der Waals surface area contributed by atoms with E-state index < -0.39 is 0 Å². The lowest BCUT2D eigenvalue weighted by molar-refractivity contribution is 0.0750. The standard InChI is InChI=1S/C17H17ClN4O2/c1-11(22(2)16(23)12-7-13(18)10-19-9-12)8-20-17-21-14-5-3-4-6-15(14)24-17/h3-7,9-11H,8H2,1-2H3,(H,20,21). The van der Waals surface area contributed by atoms with Crippen LogP contribution in [-0.4, -0.2) is 40.4 Å². The number of para-hydroxylation sites is 2. The molecule has 0 bridgehead atoms. The average molecular weight is 345 g/mol. The van der Waals surface area contributed by atoms with Crippen LogP contribution < -0.4 is 5.32 Å². The minimum Gasteiger partial charge on any atom is -0.424 e. The van der Waals surface area contributed by atoms with Crippen molar-refractivity contribution in [3.05, 3.63) is 53.3 Å². The predicted octanol–water partition coefficient (Wildman–Crippen LogP) is 3.45. The molecule has 124 valence electrons. The van der Waals surface area contributed by atoms with Crippen LogP contribution in [0.5, 0.6) is 0 Å². The smallest absolute Gasteiger partial charge is 0.295 e. The third-order valence-corrected chi connectivity index (χ3v) is 3.98. The van der Waals surface area contributed by atoms with E-state index in [1.54, 1.807) is 18.0 Å². The molecule has 3 aromatic rings. The second-order valence-electron chi connectivity index (χ2n) is 5.52. The van der Waals surface area contributed by atoms with E-state index in [0.29, 0.717) is 23.1 Å². The number of benzene rings is 1. The monoisotopic (exact) mass is 344 g/mol. The molecule has 1 atom stereocenters. The highest BCUT2D eigenvalue weighted by molar-refractivity contribution is 6.30. The molecule has 6 nitrogen and oxygen atoms in total. The Balaban J connectivity index is 1.63. The molecule has 0 radical (unpaired) electrons. The molecule has 1 N–H and O–H groups in total. The van der Waals surface area contributed by atoms with Crippen molar-refractivity contribution in [2.75, 3.05) is 18.9 Å². The molecule has 0 aliphatic heterocycles. The van der Waals surface area contributed by atoms with Crippen LogP contribution in [0, 0.1) is 0 Å². The molecule has 1 unspecified atom stereocenters. The van der Waals surface area contributed by atoms with Gasteiger partial charge in [0.2, 0.25) is 0 Å². The topological polar surface area (TPSA) is 71.3 Å². The first-order valence-electron chi connectivity index (χ1n) is 7.52. The molecular formula is C17H17ClN4O2. The number of amides is 1. The number of carbonyl (C=O) groups excluding carboxylic acids is 1. The molecule has 2 aromatic heterocycles. The number of nitrogens with zero attached hydrogens (tertiary/aromatic N) is 3. The third-order valence-electron chi connectivity index (χ3n) is 3.78. The summed E-state index contributed by atoms with van der Waals surface area (Å²) in [5.41, 5.74) is 1.97. The van der Waals surface area contributed by atoms with Crippen LogP contribution in [0.3, 0.4) is 0 Å². The highest BCUT2D eigenvalue weighted by Gasteiger charge is 2.18. The lowest BCUT2D eigenvalue weighted by atomic mass is 10.2. The van der Waals surface area contributed by atoms with Crippen LogP contribution in [-0.2, 0) is 0 Å². The Morgan fingerprint density at radius 3 is 2.92 bits per heavy atom. The number of carbonyl (C=O) groups is 1. The van der Waals surface area contributed by atoms with Crippen LogP contribution in [0.25, 0.3) is 11.1 Å². The van der Waals surface area contributed by atoms with Gasteiger partial charge in [0.1, 0.15) is 5.52 Å². The minimum absolute atomic E-state index is 0.0773. The van der Waals surface area contributed by atoms with Gasteiger partial charge in [0.25, 0.3) is 11.9 Å². The number of rotatable bonds is 5. The summed E-state index contributed by atoms with van der Waals surface area (Å²) in [6.07, 6.45) is 3.00. The maximum absolute atomic E-state index is 12.5. The predicted molar refractivity (Wildman–Crippen MR) is 93.3 cm³/mol. The zero-order chi connectivity index (χ0) is 17.1. The van der Waals surface area contributed by atoms with Gasteiger partial charge in [-0.25, -0.2) is 0 Å². The van der Waals surface area contributed by atoms with Crippen molar-refractivity contribution in [2.45, 2.75) is 13.0 Å². The van der Waals surface area contributed by atoms with E-state index in [-0.39, 0.29) is 11.9 Å². The Hall–Kier alpha value is -2.60. The van der Waals surface area contributed by atoms with Crippen molar-refractivity contribution in [3.63, 3.8) is 0 Å². The van der Waals surface area contributed by atoms with E-state index in [9.17, 15) is 4.79 Å². The third kappa shape index (κ3) is 3.49. The molecule has 24 heavy (non-hydrogen) atoms. The summed E-state index contributed by atoms with van der Waals surface area (Å²) < 4.78 is 5.61. The maximum Gasteiger partial charge on any atom is 0.295 e. The van der Waals surface area contributed by atoms with Crippen LogP contribution in [0.4, 0.5) is 6.01 Å². The molecule has 7 heteroatoms. The van der Waals surface area contributed by atoms with Crippen molar-refractivity contribution in [1.29, 1.82) is 0 Å². The maximum atomic E-state index is 12.5. The Morgan fingerprint density at radius 2 is 2.17 bits per heavy atom. The first-order valence-corrected chi connectivity index (χ1v) is 7.89. The Labute approximate surface area is 144 Å². The van der Waals surface area contributed by atoms with Gasteiger partial charge in [-0.15, -0.1) is 0 Å². The molecule has 0 fully saturated rings. The fourth-order valence-corrected chi connectivity index (χ4v) is 2.43. The van der Waals surface area contributed by atoms with Crippen molar-refractivity contribution in [2.24, 2.45) is 0 Å². The minimum atomic E-state index is -0.142. The van der Waals surface area contributed by atoms with Gasteiger partial charge >= 0.3 is 0 Å². The second-order valence-corrected chi connectivity index (χ2v) is 5.96. The van der Waals surface area contributed by atoms with Crippen LogP contribution in [0.2, 0.25) is 5.02 Å². The molecule has 0 aliphatic rings. The molecule has 0 saturated carbocycles. The molecule has 1 aromatic carbocycles. The van der Waals surface area contributed by atoms with Crippen molar-refractivity contribution in [1.82, 2.24) is 14.9 Å². The lowest BCUT2D eigenvalue weighted by Gasteiger charge is -2.25. The van der Waals surface area contributed by atoms with E-state index in [1.807, 2.05) is 31.2 Å². The summed E-state index contributed by atoms with van der Waals surface area (Å²) in [6, 6.07) is 9.51. The van der Waals surface area contributed by atoms with Crippen molar-refractivity contribution in [3.8, 4) is 0 Å². The molecule has 0 aliphatic carbocycles. The summed E-state index contributed by atoms with van der Waals surface area (Å²) >= 11 is 5.89. The van der Waals surface area contributed by atoms with E-state index in [0.717, 1.165) is 11.1 Å². The largest absolute Gasteiger partial charge is 0.424 e. The first-order chi connectivity index (χ1) is 11.5. The summed E-state index contributed by atoms with van der Waals surface area (Å²) in [6.45, 7) is 2.44. The van der Waals surface area contributed by atoms with Gasteiger partial charge in [-0.2, -0.15) is 4.98 Å². The fourth-order valence-electron chi connectivity index (χ4n) is 2.25. The van der Waals surface area contributed by atoms with Crippen molar-refractivity contribution < 1.29 is 9.21 Å². The summed E-state index contributed by atoms with van der Waals surface area (Å²) in [5.74, 6) is -0.142. The Morgan fingerprint density at radius 1 is 1.38 bits per heavy atom. The van der Waals surface area contributed by atoms with E-state index in [1.165, 1.54) is 12.4 Å². The summed E-state index contributed by atoms with van der Waals surface area (Å²) in [7, 11) is 1.74. The second kappa shape index (κ2) is 6.88. The number of fused-ring (bicyclic) bond motifs is 1. The van der Waals surface area contributed by atoms with Crippen LogP contribution in [0.1, 0.15) is 17.3 Å². The van der Waals surface area contributed by atoms with Gasteiger partial charge in [0.05, 0.1) is 10.6 Å². The van der Waals surface area contributed by atoms with Gasteiger partial charge in [0, 0.05) is 32.0 Å². The molecule has 0 saturated heterocycles. The molecule has 3 rings (SSSR count). The molecule has 0 spiro atoms. The number of aromatic nitrogens is 2. The van der Waals surface area contributed by atoms with E-state index >= 15 is 0 Å². The number of oxazole rings is 1. The van der Waals surface area contributed by atoms with E-state index in [4.69, 9.17) is 16.0 Å². The number of hydrogen-bond acceptors (Lipinski definition) is 5. The number of hydrogen-bond donors (Lipinski definition) is 1. The number of nitrogens with one attached hydrogen (secondary N) is 1. The quantitative estimate of drug-likeness (QED) is 0.767. The molecule has 1 amide bonds. The van der Waals surface area contributed by atoms with E-state index in [2.05, 4.69) is 15.3 Å². The number of anilines is 1. The highest BCUT2D eigenvalue weighted by atomic mass is 35.5. The Bertz CT molecular complexity index is 831. The first kappa shape index (κ1) is 16.3. The van der Waals surface area contributed by atoms with Gasteiger partial charge in [-0.1, -0.05) is 23.7 Å². The van der Waals surface area contributed by atoms with Gasteiger partial charge in [-0.05, 0) is 25.1 Å². The fraction of sp³-hybridized carbons (Fsp3) is 0.235. The summed E-state index contributed by atoms with van der Waals surface area (Å²) in [4.78, 5) is 22.4. The van der Waals surface area contributed by atoms with Gasteiger partial charge in [0.15, 0.2) is 5.58 Å². The lowest BCUT2D eigenvalue weighted by Crippen LogP contribution is -2.39. The number of likely N-dealkylation sites (N-methyl/N-ethyl adjacent to an activating group) is 1. The highest BCUT2D eigenvalue weighted by Crippen LogP contribution is 2.18. The zero-order valence-electron chi connectivity index (χ0n) is 13.4. The van der Waals surface area contributed by atoms with Crippen LogP contribution >= 0.6 is 11.6 Å². The molecular weight excluding hydrogens is 328 g/mol. The van der Waals surface area contributed by atoms with Gasteiger partial charge < -0.3 is 14.6 Å². The number of halogens is 1. The SMILES string of the molecule is CC(CNc1nc2ccccc2o1)N(C)C(=O)c1cncc(Cl)c1. The average Bonchev–Trinajstić information content (AvgIpc) is 3.01. The summed E-state index contributed by atoms with van der Waals surface area (Å²) in [5, 5.41) is 3.56. The van der Waals surface area contributed by atoms with Gasteiger partial charge in [-0.3, -0.25) is 9.78 Å². The normalized spacial score (nSPS) is 12.1. The number of pyridine rings is 1. The zero-order valence-corrected chi connectivity index (χ0v) is 14.1. The van der Waals surface area contributed by atoms with Crippen LogP contribution in [0.15, 0.2) is 47.1 Å². The molecule has 2 heterocycles. The Kier molecular flexibility index (Phi) is 4.66.